The van der Waals surface area contributed by atoms with Crippen molar-refractivity contribution in [3.05, 3.63) is 18.0 Å². The maximum Gasteiger partial charge on any atom is 0.0527 e. The van der Waals surface area contributed by atoms with Gasteiger partial charge in [-0.15, -0.1) is 0 Å². The number of hydrogen-bond donors (Lipinski definition) is 1. The molecule has 92 valence electrons. The van der Waals surface area contributed by atoms with E-state index in [4.69, 9.17) is 0 Å². The van der Waals surface area contributed by atoms with Crippen LogP contribution in [-0.4, -0.2) is 21.9 Å². The molecular formula is C13H25N3. The van der Waals surface area contributed by atoms with Gasteiger partial charge in [0.05, 0.1) is 6.20 Å². The van der Waals surface area contributed by atoms with Crippen molar-refractivity contribution in [2.24, 2.45) is 7.05 Å². The van der Waals surface area contributed by atoms with E-state index in [9.17, 15) is 0 Å². The minimum absolute atomic E-state index is 0.187. The molecule has 16 heavy (non-hydrogen) atoms. The van der Waals surface area contributed by atoms with Gasteiger partial charge in [0, 0.05) is 18.8 Å². The van der Waals surface area contributed by atoms with Crippen LogP contribution in [-0.2, 0) is 12.5 Å². The first kappa shape index (κ1) is 13.2. The Balaban J connectivity index is 2.52. The summed E-state index contributed by atoms with van der Waals surface area (Å²) in [6.07, 6.45) is 5.20. The van der Waals surface area contributed by atoms with Crippen LogP contribution in [0.5, 0.6) is 0 Å². The van der Waals surface area contributed by atoms with Crippen molar-refractivity contribution in [3.8, 4) is 0 Å². The van der Waals surface area contributed by atoms with Gasteiger partial charge in [-0.25, -0.2) is 0 Å². The lowest BCUT2D eigenvalue weighted by Crippen LogP contribution is -2.38. The predicted octanol–water partition coefficient (Wildman–Crippen LogP) is 2.48. The molecule has 1 aromatic rings. The highest BCUT2D eigenvalue weighted by molar-refractivity contribution is 5.16. The van der Waals surface area contributed by atoms with Gasteiger partial charge < -0.3 is 5.32 Å². The normalized spacial score (nSPS) is 13.1. The van der Waals surface area contributed by atoms with E-state index in [1.165, 1.54) is 5.56 Å². The monoisotopic (exact) mass is 223 g/mol. The van der Waals surface area contributed by atoms with E-state index < -0.39 is 0 Å². The van der Waals surface area contributed by atoms with Crippen LogP contribution in [0.1, 0.15) is 46.6 Å². The summed E-state index contributed by atoms with van der Waals surface area (Å²) >= 11 is 0. The summed E-state index contributed by atoms with van der Waals surface area (Å²) in [6, 6.07) is 0. The van der Waals surface area contributed by atoms with Crippen molar-refractivity contribution >= 4 is 0 Å². The molecule has 0 atom stereocenters. The van der Waals surface area contributed by atoms with E-state index in [0.717, 1.165) is 13.0 Å². The number of nitrogens with one attached hydrogen (secondary N) is 1. The Hall–Kier alpha value is -0.830. The second-order valence-corrected chi connectivity index (χ2v) is 6.21. The molecule has 1 heterocycles. The number of aryl methyl sites for hydroxylation is 1. The third-order valence-corrected chi connectivity index (χ3v) is 2.89. The second-order valence-electron chi connectivity index (χ2n) is 6.21. The summed E-state index contributed by atoms with van der Waals surface area (Å²) in [7, 11) is 1.97. The zero-order valence-corrected chi connectivity index (χ0v) is 11.5. The average molecular weight is 223 g/mol. The highest BCUT2D eigenvalue weighted by Gasteiger charge is 2.22. The SMILES string of the molecule is Cn1cc(C(C)(C)CCNC(C)(C)C)cn1. The lowest BCUT2D eigenvalue weighted by molar-refractivity contribution is 0.379. The van der Waals surface area contributed by atoms with Crippen molar-refractivity contribution in [3.63, 3.8) is 0 Å². The van der Waals surface area contributed by atoms with Crippen LogP contribution in [0.3, 0.4) is 0 Å². The molecule has 0 aliphatic carbocycles. The van der Waals surface area contributed by atoms with E-state index in [-0.39, 0.29) is 11.0 Å². The number of hydrogen-bond acceptors (Lipinski definition) is 2. The molecule has 0 aliphatic rings. The van der Waals surface area contributed by atoms with Crippen LogP contribution >= 0.6 is 0 Å². The molecule has 1 aromatic heterocycles. The van der Waals surface area contributed by atoms with Gasteiger partial charge in [-0.05, 0) is 44.7 Å². The quantitative estimate of drug-likeness (QED) is 0.850. The van der Waals surface area contributed by atoms with Crippen LogP contribution in [0, 0.1) is 0 Å². The first-order valence-corrected chi connectivity index (χ1v) is 5.95. The molecule has 0 unspecified atom stereocenters. The minimum atomic E-state index is 0.187. The fourth-order valence-corrected chi connectivity index (χ4v) is 1.67. The Labute approximate surface area is 99.2 Å². The van der Waals surface area contributed by atoms with Crippen molar-refractivity contribution in [1.82, 2.24) is 15.1 Å². The summed E-state index contributed by atoms with van der Waals surface area (Å²) in [4.78, 5) is 0. The summed E-state index contributed by atoms with van der Waals surface area (Å²) < 4.78 is 1.87. The van der Waals surface area contributed by atoms with Gasteiger partial charge in [0.1, 0.15) is 0 Å². The molecule has 0 aliphatic heterocycles. The van der Waals surface area contributed by atoms with E-state index in [2.05, 4.69) is 51.2 Å². The van der Waals surface area contributed by atoms with Crippen molar-refractivity contribution in [2.75, 3.05) is 6.54 Å². The molecule has 3 heteroatoms. The van der Waals surface area contributed by atoms with Crippen molar-refractivity contribution < 1.29 is 0 Å². The molecular weight excluding hydrogens is 198 g/mol. The summed E-state index contributed by atoms with van der Waals surface area (Å²) in [5.41, 5.74) is 1.70. The van der Waals surface area contributed by atoms with Gasteiger partial charge in [-0.1, -0.05) is 13.8 Å². The molecule has 0 fully saturated rings. The Kier molecular flexibility index (Phi) is 3.79. The average Bonchev–Trinajstić information content (AvgIpc) is 2.49. The van der Waals surface area contributed by atoms with Gasteiger partial charge in [0.2, 0.25) is 0 Å². The maximum absolute atomic E-state index is 4.24. The molecule has 0 amide bonds. The molecule has 0 spiro atoms. The van der Waals surface area contributed by atoms with E-state index in [1.54, 1.807) is 0 Å². The smallest absolute Gasteiger partial charge is 0.0527 e. The first-order valence-electron chi connectivity index (χ1n) is 5.95. The summed E-state index contributed by atoms with van der Waals surface area (Å²) in [5, 5.41) is 7.76. The van der Waals surface area contributed by atoms with Gasteiger partial charge in [0.15, 0.2) is 0 Å². The second kappa shape index (κ2) is 4.58. The highest BCUT2D eigenvalue weighted by atomic mass is 15.2. The largest absolute Gasteiger partial charge is 0.312 e. The third-order valence-electron chi connectivity index (χ3n) is 2.89. The van der Waals surface area contributed by atoms with E-state index in [0.29, 0.717) is 0 Å². The maximum atomic E-state index is 4.24. The Morgan fingerprint density at radius 1 is 1.25 bits per heavy atom. The summed E-state index contributed by atoms with van der Waals surface area (Å²) in [6.45, 7) is 12.2. The topological polar surface area (TPSA) is 29.9 Å². The fourth-order valence-electron chi connectivity index (χ4n) is 1.67. The van der Waals surface area contributed by atoms with Gasteiger partial charge in [-0.3, -0.25) is 4.68 Å². The standard InChI is InChI=1S/C13H25N3/c1-12(2,3)14-8-7-13(4,5)11-9-15-16(6)10-11/h9-10,14H,7-8H2,1-6H3. The zero-order valence-electron chi connectivity index (χ0n) is 11.5. The zero-order chi connectivity index (χ0) is 12.4. The van der Waals surface area contributed by atoms with Crippen molar-refractivity contribution in [2.45, 2.75) is 52.0 Å². The third kappa shape index (κ3) is 3.97. The fraction of sp³-hybridized carbons (Fsp3) is 0.769. The predicted molar refractivity (Wildman–Crippen MR) is 68.6 cm³/mol. The minimum Gasteiger partial charge on any atom is -0.312 e. The molecule has 0 aromatic carbocycles. The van der Waals surface area contributed by atoms with Crippen molar-refractivity contribution in [1.29, 1.82) is 0 Å². The van der Waals surface area contributed by atoms with E-state index in [1.807, 2.05) is 17.9 Å². The molecule has 3 nitrogen and oxygen atoms in total. The van der Waals surface area contributed by atoms with Crippen LogP contribution in [0.4, 0.5) is 0 Å². The van der Waals surface area contributed by atoms with Gasteiger partial charge in [-0.2, -0.15) is 5.10 Å². The Bertz CT molecular complexity index is 331. The lowest BCUT2D eigenvalue weighted by atomic mass is 9.83. The molecule has 0 bridgehead atoms. The van der Waals surface area contributed by atoms with Crippen LogP contribution in [0.15, 0.2) is 12.4 Å². The first-order chi connectivity index (χ1) is 7.21. The molecule has 0 saturated carbocycles. The number of aromatic nitrogens is 2. The molecule has 0 saturated heterocycles. The summed E-state index contributed by atoms with van der Waals surface area (Å²) in [5.74, 6) is 0. The Morgan fingerprint density at radius 2 is 1.88 bits per heavy atom. The lowest BCUT2D eigenvalue weighted by Gasteiger charge is -2.27. The molecule has 0 radical (unpaired) electrons. The van der Waals surface area contributed by atoms with Gasteiger partial charge in [0.25, 0.3) is 0 Å². The number of nitrogens with zero attached hydrogens (tertiary/aromatic N) is 2. The highest BCUT2D eigenvalue weighted by Crippen LogP contribution is 2.25. The molecule has 1 rings (SSSR count). The van der Waals surface area contributed by atoms with Gasteiger partial charge >= 0.3 is 0 Å². The number of rotatable bonds is 4. The van der Waals surface area contributed by atoms with Crippen LogP contribution in [0.25, 0.3) is 0 Å². The van der Waals surface area contributed by atoms with E-state index >= 15 is 0 Å². The molecule has 1 N–H and O–H groups in total. The van der Waals surface area contributed by atoms with Crippen LogP contribution < -0.4 is 5.32 Å². The Morgan fingerprint density at radius 3 is 2.31 bits per heavy atom. The van der Waals surface area contributed by atoms with Crippen LogP contribution in [0.2, 0.25) is 0 Å².